The normalized spacial score (nSPS) is 51.5. The van der Waals surface area contributed by atoms with E-state index in [0.29, 0.717) is 47.3 Å². The summed E-state index contributed by atoms with van der Waals surface area (Å²) in [6.45, 7) is 8.72. The van der Waals surface area contributed by atoms with Crippen LogP contribution in [-0.2, 0) is 9.53 Å². The summed E-state index contributed by atoms with van der Waals surface area (Å²) in [6.07, 6.45) is 7.75. The molecule has 3 heteroatoms. The summed E-state index contributed by atoms with van der Waals surface area (Å²) < 4.78 is 6.61. The van der Waals surface area contributed by atoms with Crippen molar-refractivity contribution in [1.82, 2.24) is 0 Å². The molecule has 3 nitrogen and oxygen atoms in total. The van der Waals surface area contributed by atoms with Gasteiger partial charge >= 0.3 is 5.97 Å². The highest BCUT2D eigenvalue weighted by atomic mass is 16.6. The van der Waals surface area contributed by atoms with Crippen molar-refractivity contribution < 1.29 is 14.6 Å². The Kier molecular flexibility index (Phi) is 3.70. The molecule has 0 saturated heterocycles. The molecule has 7 rings (SSSR count). The zero-order chi connectivity index (χ0) is 18.4. The van der Waals surface area contributed by atoms with Gasteiger partial charge in [-0.3, -0.25) is 4.79 Å². The molecular formula is C23H36O3. The van der Waals surface area contributed by atoms with E-state index in [-0.39, 0.29) is 17.5 Å². The predicted octanol–water partition coefficient (Wildman–Crippen LogP) is 4.42. The van der Waals surface area contributed by atoms with Crippen LogP contribution < -0.4 is 0 Å². The van der Waals surface area contributed by atoms with Crippen LogP contribution in [0.1, 0.15) is 72.6 Å². The Balaban J connectivity index is 1.47. The second-order valence-corrected chi connectivity index (χ2v) is 11.4. The van der Waals surface area contributed by atoms with Gasteiger partial charge in [0.05, 0.1) is 11.5 Å². The maximum Gasteiger partial charge on any atom is 0.309 e. The largest absolute Gasteiger partial charge is 0.458 e. The van der Waals surface area contributed by atoms with E-state index < -0.39 is 5.60 Å². The first-order valence-electron chi connectivity index (χ1n) is 11.2. The molecule has 7 aliphatic carbocycles. The molecule has 1 N–H and O–H groups in total. The molecule has 26 heavy (non-hydrogen) atoms. The quantitative estimate of drug-likeness (QED) is 0.738. The van der Waals surface area contributed by atoms with Gasteiger partial charge in [-0.15, -0.1) is 0 Å². The van der Waals surface area contributed by atoms with Crippen molar-refractivity contribution in [3.63, 3.8) is 0 Å². The summed E-state index contributed by atoms with van der Waals surface area (Å²) in [5, 5.41) is 11.5. The Hall–Kier alpha value is -0.570. The highest BCUT2D eigenvalue weighted by molar-refractivity contribution is 5.73. The minimum absolute atomic E-state index is 0.0151. The van der Waals surface area contributed by atoms with Crippen LogP contribution in [0.2, 0.25) is 0 Å². The molecule has 0 amide bonds. The van der Waals surface area contributed by atoms with Gasteiger partial charge in [-0.2, -0.15) is 0 Å². The standard InChI is InChI=1S/C23H36O3/c1-12(2)5-16(13(3)4)21(24)26-23-11-15-6-17-19(23)8-14-9-20(23)18(7-15)22(17,25)10-14/h12-20,25H,5-11H2,1-4H3. The summed E-state index contributed by atoms with van der Waals surface area (Å²) in [5.74, 6) is 3.89. The van der Waals surface area contributed by atoms with Gasteiger partial charge in [0.25, 0.3) is 0 Å². The molecule has 0 aliphatic heterocycles. The highest BCUT2D eigenvalue weighted by Crippen LogP contribution is 2.74. The van der Waals surface area contributed by atoms with Gasteiger partial charge in [0.15, 0.2) is 0 Å². The Morgan fingerprint density at radius 3 is 2.04 bits per heavy atom. The SMILES string of the molecule is CC(C)CC(C(=O)OC12CC3CC4C1CC1CC2C(C3)C4(O)C1)C(C)C. The number of hydrogen-bond donors (Lipinski definition) is 1. The van der Waals surface area contributed by atoms with Crippen molar-refractivity contribution in [2.75, 3.05) is 0 Å². The molecule has 0 aromatic heterocycles. The molecule has 0 radical (unpaired) electrons. The fraction of sp³-hybridized carbons (Fsp3) is 0.957. The predicted molar refractivity (Wildman–Crippen MR) is 100 cm³/mol. The van der Waals surface area contributed by atoms with Crippen molar-refractivity contribution in [2.45, 2.75) is 83.8 Å². The number of carbonyl (C=O) groups is 1. The molecule has 146 valence electrons. The molecule has 7 fully saturated rings. The van der Waals surface area contributed by atoms with Crippen LogP contribution in [0.15, 0.2) is 0 Å². The Morgan fingerprint density at radius 1 is 0.962 bits per heavy atom. The zero-order valence-corrected chi connectivity index (χ0v) is 16.9. The third kappa shape index (κ3) is 2.13. The smallest absolute Gasteiger partial charge is 0.309 e. The lowest BCUT2D eigenvalue weighted by atomic mass is 9.32. The minimum atomic E-state index is -0.432. The van der Waals surface area contributed by atoms with E-state index in [1.807, 2.05) is 0 Å². The van der Waals surface area contributed by atoms with Gasteiger partial charge in [0, 0.05) is 11.8 Å². The molecule has 7 aliphatic rings. The molecule has 5 atom stereocenters. The molecule has 0 heterocycles. The van der Waals surface area contributed by atoms with E-state index in [1.165, 1.54) is 25.7 Å². The third-order valence-electron chi connectivity index (χ3n) is 9.21. The van der Waals surface area contributed by atoms with Crippen LogP contribution in [-0.4, -0.2) is 22.3 Å². The molecule has 5 unspecified atom stereocenters. The van der Waals surface area contributed by atoms with Gasteiger partial charge < -0.3 is 9.84 Å². The fourth-order valence-electron chi connectivity index (χ4n) is 8.48. The third-order valence-corrected chi connectivity index (χ3v) is 9.21. The van der Waals surface area contributed by atoms with E-state index in [1.54, 1.807) is 0 Å². The zero-order valence-electron chi connectivity index (χ0n) is 16.9. The first-order chi connectivity index (χ1) is 12.2. The van der Waals surface area contributed by atoms with E-state index in [4.69, 9.17) is 4.74 Å². The van der Waals surface area contributed by atoms with Gasteiger partial charge in [0.1, 0.15) is 5.60 Å². The van der Waals surface area contributed by atoms with Gasteiger partial charge in [-0.25, -0.2) is 0 Å². The van der Waals surface area contributed by atoms with Crippen molar-refractivity contribution >= 4 is 5.97 Å². The maximum absolute atomic E-state index is 13.3. The summed E-state index contributed by atoms with van der Waals surface area (Å²) in [5.41, 5.74) is -0.667. The van der Waals surface area contributed by atoms with E-state index in [0.717, 1.165) is 19.3 Å². The number of rotatable bonds is 5. The molecule has 0 aromatic rings. The van der Waals surface area contributed by atoms with E-state index in [9.17, 15) is 9.90 Å². The summed E-state index contributed by atoms with van der Waals surface area (Å²) in [4.78, 5) is 13.3. The average Bonchev–Trinajstić information content (AvgIpc) is 2.56. The molecule has 7 saturated carbocycles. The lowest BCUT2D eigenvalue weighted by Gasteiger charge is -2.75. The van der Waals surface area contributed by atoms with Gasteiger partial charge in [0.2, 0.25) is 0 Å². The number of hydrogen-bond acceptors (Lipinski definition) is 3. The molecular weight excluding hydrogens is 324 g/mol. The highest BCUT2D eigenvalue weighted by Gasteiger charge is 2.76. The second-order valence-electron chi connectivity index (χ2n) is 11.4. The lowest BCUT2D eigenvalue weighted by molar-refractivity contribution is -0.344. The monoisotopic (exact) mass is 360 g/mol. The van der Waals surface area contributed by atoms with Crippen molar-refractivity contribution in [2.24, 2.45) is 53.3 Å². The Morgan fingerprint density at radius 2 is 1.50 bits per heavy atom. The topological polar surface area (TPSA) is 46.5 Å². The Labute approximate surface area is 158 Å². The first kappa shape index (κ1) is 17.5. The molecule has 0 aromatic carbocycles. The summed E-state index contributed by atoms with van der Waals surface area (Å²) in [6, 6.07) is 0. The molecule has 8 bridgehead atoms. The molecule has 0 spiro atoms. The second kappa shape index (κ2) is 5.49. The Bertz CT molecular complexity index is 585. The fourth-order valence-corrected chi connectivity index (χ4v) is 8.48. The van der Waals surface area contributed by atoms with E-state index in [2.05, 4.69) is 27.7 Å². The minimum Gasteiger partial charge on any atom is -0.458 e. The van der Waals surface area contributed by atoms with Gasteiger partial charge in [-0.05, 0) is 80.5 Å². The number of aliphatic hydroxyl groups is 1. The van der Waals surface area contributed by atoms with Crippen LogP contribution in [0.3, 0.4) is 0 Å². The van der Waals surface area contributed by atoms with Crippen molar-refractivity contribution in [3.05, 3.63) is 0 Å². The maximum atomic E-state index is 13.3. The number of ether oxygens (including phenoxy) is 1. The number of carbonyl (C=O) groups excluding carboxylic acids is 1. The van der Waals surface area contributed by atoms with Crippen LogP contribution in [0.25, 0.3) is 0 Å². The van der Waals surface area contributed by atoms with Crippen LogP contribution in [0.4, 0.5) is 0 Å². The van der Waals surface area contributed by atoms with Crippen molar-refractivity contribution in [3.8, 4) is 0 Å². The average molecular weight is 361 g/mol. The summed E-state index contributed by atoms with van der Waals surface area (Å²) in [7, 11) is 0. The van der Waals surface area contributed by atoms with Crippen molar-refractivity contribution in [1.29, 1.82) is 0 Å². The number of esters is 1. The van der Waals surface area contributed by atoms with Crippen LogP contribution in [0.5, 0.6) is 0 Å². The van der Waals surface area contributed by atoms with Gasteiger partial charge in [-0.1, -0.05) is 27.7 Å². The van der Waals surface area contributed by atoms with Crippen LogP contribution >= 0.6 is 0 Å². The summed E-state index contributed by atoms with van der Waals surface area (Å²) >= 11 is 0. The van der Waals surface area contributed by atoms with Crippen LogP contribution in [0, 0.1) is 53.3 Å². The first-order valence-corrected chi connectivity index (χ1v) is 11.2. The lowest BCUT2D eigenvalue weighted by Crippen LogP contribution is -2.78. The van der Waals surface area contributed by atoms with E-state index >= 15 is 0 Å².